The number of carbonyl (C=O) groups is 2. The lowest BCUT2D eigenvalue weighted by molar-refractivity contribution is -0.177. The molecule has 0 radical (unpaired) electrons. The molecule has 0 heterocycles. The Morgan fingerprint density at radius 3 is 2.10 bits per heavy atom. The molecule has 0 aliphatic carbocycles. The quantitative estimate of drug-likeness (QED) is 0.662. The summed E-state index contributed by atoms with van der Waals surface area (Å²) in [6.45, 7) is 7.08. The van der Waals surface area contributed by atoms with Gasteiger partial charge in [0.25, 0.3) is 6.29 Å². The van der Waals surface area contributed by atoms with Gasteiger partial charge in [-0.2, -0.15) is 0 Å². The molecule has 0 saturated heterocycles. The standard InChI is InChI=1S/C15H21NO4/c1-10(2)13(17)19-14(11(3)4)20-15(18)16-12-8-6-5-7-9-12/h5-11,14H,1-4H3,(H,16,18)/t14-/m0/s1. The second-order valence-corrected chi connectivity index (χ2v) is 5.10. The summed E-state index contributed by atoms with van der Waals surface area (Å²) in [5.41, 5.74) is 0.621. The number of nitrogens with one attached hydrogen (secondary N) is 1. The van der Waals surface area contributed by atoms with Gasteiger partial charge in [-0.25, -0.2) is 4.79 Å². The first-order valence-corrected chi connectivity index (χ1v) is 6.63. The van der Waals surface area contributed by atoms with Crippen LogP contribution in [0.4, 0.5) is 10.5 Å². The summed E-state index contributed by atoms with van der Waals surface area (Å²) in [4.78, 5) is 23.3. The van der Waals surface area contributed by atoms with Crippen molar-refractivity contribution in [1.82, 2.24) is 0 Å². The number of anilines is 1. The molecular formula is C15H21NO4. The molecule has 0 bridgehead atoms. The Kier molecular flexibility index (Phi) is 6.03. The number of hydrogen-bond donors (Lipinski definition) is 1. The molecule has 0 saturated carbocycles. The predicted octanol–water partition coefficient (Wildman–Crippen LogP) is 3.42. The molecule has 1 rings (SSSR count). The van der Waals surface area contributed by atoms with E-state index in [0.717, 1.165) is 0 Å². The summed E-state index contributed by atoms with van der Waals surface area (Å²) >= 11 is 0. The fraction of sp³-hybridized carbons (Fsp3) is 0.467. The number of ether oxygens (including phenoxy) is 2. The van der Waals surface area contributed by atoms with Crippen molar-refractivity contribution in [3.63, 3.8) is 0 Å². The first kappa shape index (κ1) is 16.0. The molecule has 0 spiro atoms. The van der Waals surface area contributed by atoms with Gasteiger partial charge in [-0.3, -0.25) is 10.1 Å². The van der Waals surface area contributed by atoms with E-state index in [-0.39, 0.29) is 11.8 Å². The van der Waals surface area contributed by atoms with Crippen molar-refractivity contribution < 1.29 is 19.1 Å². The minimum atomic E-state index is -0.895. The number of carbonyl (C=O) groups excluding carboxylic acids is 2. The number of esters is 1. The van der Waals surface area contributed by atoms with Gasteiger partial charge in [0.05, 0.1) is 5.92 Å². The Morgan fingerprint density at radius 2 is 1.60 bits per heavy atom. The van der Waals surface area contributed by atoms with Crippen molar-refractivity contribution in [2.45, 2.75) is 34.0 Å². The van der Waals surface area contributed by atoms with Crippen molar-refractivity contribution in [1.29, 1.82) is 0 Å². The van der Waals surface area contributed by atoms with Gasteiger partial charge in [0, 0.05) is 11.6 Å². The van der Waals surface area contributed by atoms with Gasteiger partial charge >= 0.3 is 12.1 Å². The lowest BCUT2D eigenvalue weighted by Gasteiger charge is -2.22. The summed E-state index contributed by atoms with van der Waals surface area (Å²) in [7, 11) is 0. The summed E-state index contributed by atoms with van der Waals surface area (Å²) in [5, 5.41) is 2.58. The lowest BCUT2D eigenvalue weighted by atomic mass is 10.2. The third-order valence-electron chi connectivity index (χ3n) is 2.49. The van der Waals surface area contributed by atoms with Gasteiger partial charge in [-0.1, -0.05) is 45.9 Å². The van der Waals surface area contributed by atoms with Crippen LogP contribution >= 0.6 is 0 Å². The van der Waals surface area contributed by atoms with Gasteiger partial charge < -0.3 is 9.47 Å². The third kappa shape index (κ3) is 5.30. The average Bonchev–Trinajstić information content (AvgIpc) is 2.38. The van der Waals surface area contributed by atoms with Crippen LogP contribution in [0.15, 0.2) is 30.3 Å². The van der Waals surface area contributed by atoms with Crippen molar-refractivity contribution in [2.24, 2.45) is 11.8 Å². The Hall–Kier alpha value is -2.04. The Balaban J connectivity index is 2.57. The van der Waals surface area contributed by atoms with Crippen LogP contribution in [0, 0.1) is 11.8 Å². The summed E-state index contributed by atoms with van der Waals surface area (Å²) < 4.78 is 10.3. The lowest BCUT2D eigenvalue weighted by Crippen LogP contribution is -2.32. The average molecular weight is 279 g/mol. The zero-order chi connectivity index (χ0) is 15.1. The Bertz CT molecular complexity index is 442. The highest BCUT2D eigenvalue weighted by atomic mass is 16.7. The molecule has 1 atom stereocenters. The van der Waals surface area contributed by atoms with E-state index in [1.54, 1.807) is 38.1 Å². The van der Waals surface area contributed by atoms with E-state index in [2.05, 4.69) is 5.32 Å². The van der Waals surface area contributed by atoms with E-state index in [9.17, 15) is 9.59 Å². The van der Waals surface area contributed by atoms with E-state index in [1.807, 2.05) is 19.9 Å². The number of para-hydroxylation sites is 1. The van der Waals surface area contributed by atoms with Crippen LogP contribution in [0.25, 0.3) is 0 Å². The van der Waals surface area contributed by atoms with Gasteiger partial charge in [-0.15, -0.1) is 0 Å². The van der Waals surface area contributed by atoms with Gasteiger partial charge in [0.1, 0.15) is 0 Å². The van der Waals surface area contributed by atoms with Crippen LogP contribution in [-0.2, 0) is 14.3 Å². The molecule has 0 unspecified atom stereocenters. The summed E-state index contributed by atoms with van der Waals surface area (Å²) in [6, 6.07) is 8.93. The first-order valence-electron chi connectivity index (χ1n) is 6.63. The van der Waals surface area contributed by atoms with Crippen LogP contribution in [0.1, 0.15) is 27.7 Å². The summed E-state index contributed by atoms with van der Waals surface area (Å²) in [5.74, 6) is -0.785. The topological polar surface area (TPSA) is 64.6 Å². The van der Waals surface area contributed by atoms with Crippen molar-refractivity contribution >= 4 is 17.7 Å². The minimum absolute atomic E-state index is 0.126. The van der Waals surface area contributed by atoms with Crippen LogP contribution in [0.2, 0.25) is 0 Å². The molecule has 0 aliphatic rings. The molecule has 20 heavy (non-hydrogen) atoms. The first-order chi connectivity index (χ1) is 9.40. The maximum Gasteiger partial charge on any atom is 0.414 e. The number of rotatable bonds is 5. The molecule has 1 N–H and O–H groups in total. The largest absolute Gasteiger partial charge is 0.425 e. The second kappa shape index (κ2) is 7.53. The molecule has 1 aromatic carbocycles. The van der Waals surface area contributed by atoms with E-state index in [1.165, 1.54) is 0 Å². The summed E-state index contributed by atoms with van der Waals surface area (Å²) in [6.07, 6.45) is -1.54. The van der Waals surface area contributed by atoms with E-state index in [0.29, 0.717) is 5.69 Å². The van der Waals surface area contributed by atoms with Crippen molar-refractivity contribution in [2.75, 3.05) is 5.32 Å². The Morgan fingerprint density at radius 1 is 1.00 bits per heavy atom. The van der Waals surface area contributed by atoms with Gasteiger partial charge in [0.2, 0.25) is 0 Å². The normalized spacial score (nSPS) is 12.1. The highest BCUT2D eigenvalue weighted by Crippen LogP contribution is 2.13. The molecule has 0 aliphatic heterocycles. The smallest absolute Gasteiger partial charge is 0.414 e. The third-order valence-corrected chi connectivity index (χ3v) is 2.49. The zero-order valence-electron chi connectivity index (χ0n) is 12.3. The number of benzene rings is 1. The molecular weight excluding hydrogens is 258 g/mol. The van der Waals surface area contributed by atoms with Gasteiger partial charge in [0.15, 0.2) is 0 Å². The molecule has 1 amide bonds. The molecule has 5 heteroatoms. The highest BCUT2D eigenvalue weighted by Gasteiger charge is 2.24. The van der Waals surface area contributed by atoms with Crippen molar-refractivity contribution in [3.8, 4) is 0 Å². The van der Waals surface area contributed by atoms with E-state index in [4.69, 9.17) is 9.47 Å². The van der Waals surface area contributed by atoms with Crippen molar-refractivity contribution in [3.05, 3.63) is 30.3 Å². The van der Waals surface area contributed by atoms with Gasteiger partial charge in [-0.05, 0) is 12.1 Å². The highest BCUT2D eigenvalue weighted by molar-refractivity contribution is 5.84. The molecule has 5 nitrogen and oxygen atoms in total. The fourth-order valence-corrected chi connectivity index (χ4v) is 1.32. The number of hydrogen-bond acceptors (Lipinski definition) is 4. The molecule has 0 fully saturated rings. The second-order valence-electron chi connectivity index (χ2n) is 5.10. The predicted molar refractivity (Wildman–Crippen MR) is 76.1 cm³/mol. The minimum Gasteiger partial charge on any atom is -0.425 e. The SMILES string of the molecule is CC(C)C(=O)O[C@@H](OC(=O)Nc1ccccc1)C(C)C. The van der Waals surface area contributed by atoms with Crippen LogP contribution in [0.5, 0.6) is 0 Å². The molecule has 1 aromatic rings. The van der Waals surface area contributed by atoms with E-state index >= 15 is 0 Å². The maximum atomic E-state index is 11.8. The Labute approximate surface area is 119 Å². The van der Waals surface area contributed by atoms with Crippen LogP contribution in [-0.4, -0.2) is 18.4 Å². The maximum absolute atomic E-state index is 11.8. The zero-order valence-corrected chi connectivity index (χ0v) is 12.3. The monoisotopic (exact) mass is 279 g/mol. The van der Waals surface area contributed by atoms with E-state index < -0.39 is 18.4 Å². The number of amides is 1. The van der Waals surface area contributed by atoms with Crippen LogP contribution in [0.3, 0.4) is 0 Å². The fourth-order valence-electron chi connectivity index (χ4n) is 1.32. The molecule has 110 valence electrons. The molecule has 0 aromatic heterocycles. The van der Waals surface area contributed by atoms with Crippen LogP contribution < -0.4 is 5.32 Å².